The number of phenols is 1. The third-order valence-electron chi connectivity index (χ3n) is 3.22. The van der Waals surface area contributed by atoms with E-state index in [-0.39, 0.29) is 5.75 Å². The monoisotopic (exact) mass is 285 g/mol. The molecule has 0 saturated carbocycles. The number of aryl methyl sites for hydroxylation is 1. The van der Waals surface area contributed by atoms with Crippen molar-refractivity contribution in [3.63, 3.8) is 0 Å². The fourth-order valence-corrected chi connectivity index (χ4v) is 2.05. The van der Waals surface area contributed by atoms with E-state index in [1.807, 2.05) is 25.1 Å². The molecule has 0 aliphatic heterocycles. The Balaban J connectivity index is 1.76. The molecule has 21 heavy (non-hydrogen) atoms. The smallest absolute Gasteiger partial charge is 0.244 e. The van der Waals surface area contributed by atoms with Crippen LogP contribution in [0.15, 0.2) is 45.5 Å². The Morgan fingerprint density at radius 3 is 2.67 bits per heavy atom. The highest BCUT2D eigenvalue weighted by Crippen LogP contribution is 2.23. The van der Waals surface area contributed by atoms with Crippen LogP contribution in [0.25, 0.3) is 11.6 Å². The first kappa shape index (κ1) is 13.4. The summed E-state index contributed by atoms with van der Waals surface area (Å²) >= 11 is 0. The molecule has 6 nitrogen and oxygen atoms in total. The summed E-state index contributed by atoms with van der Waals surface area (Å²) in [6.45, 7) is 1.91. The number of aromatic hydroxyl groups is 1. The number of nitrogens with zero attached hydrogens (tertiary/aromatic N) is 2. The zero-order chi connectivity index (χ0) is 14.8. The number of aromatic nitrogens is 2. The molecule has 2 aromatic heterocycles. The zero-order valence-corrected chi connectivity index (χ0v) is 11.5. The van der Waals surface area contributed by atoms with E-state index >= 15 is 0 Å². The molecule has 2 heterocycles. The number of hydrogen-bond acceptors (Lipinski definition) is 6. The zero-order valence-electron chi connectivity index (χ0n) is 11.5. The molecule has 0 aliphatic carbocycles. The molecule has 108 valence electrons. The second kappa shape index (κ2) is 5.41. The van der Waals surface area contributed by atoms with Crippen molar-refractivity contribution in [2.75, 3.05) is 0 Å². The lowest BCUT2D eigenvalue weighted by Crippen LogP contribution is -2.13. The van der Waals surface area contributed by atoms with Gasteiger partial charge in [-0.15, -0.1) is 0 Å². The molecule has 3 N–H and O–H groups in total. The van der Waals surface area contributed by atoms with Gasteiger partial charge in [-0.2, -0.15) is 4.98 Å². The molecule has 0 saturated heterocycles. The minimum Gasteiger partial charge on any atom is -0.508 e. The molecule has 1 atom stereocenters. The lowest BCUT2D eigenvalue weighted by Gasteiger charge is -2.06. The van der Waals surface area contributed by atoms with E-state index in [2.05, 4.69) is 10.1 Å². The number of benzene rings is 1. The maximum absolute atomic E-state index is 9.26. The Kier molecular flexibility index (Phi) is 3.45. The summed E-state index contributed by atoms with van der Waals surface area (Å²) in [5.41, 5.74) is 8.00. The Hall–Kier alpha value is -2.60. The predicted octanol–water partition coefficient (Wildman–Crippen LogP) is 2.59. The first-order valence-electron chi connectivity index (χ1n) is 6.55. The van der Waals surface area contributed by atoms with Gasteiger partial charge in [0.1, 0.15) is 5.75 Å². The van der Waals surface area contributed by atoms with E-state index in [9.17, 15) is 5.11 Å². The lowest BCUT2D eigenvalue weighted by molar-refractivity contribution is 0.353. The quantitative estimate of drug-likeness (QED) is 0.764. The average Bonchev–Trinajstić information content (AvgIpc) is 3.09. The van der Waals surface area contributed by atoms with Crippen molar-refractivity contribution in [3.05, 3.63) is 53.6 Å². The van der Waals surface area contributed by atoms with Crippen molar-refractivity contribution in [1.29, 1.82) is 0 Å². The van der Waals surface area contributed by atoms with E-state index < -0.39 is 6.04 Å². The van der Waals surface area contributed by atoms with Gasteiger partial charge in [-0.3, -0.25) is 0 Å². The van der Waals surface area contributed by atoms with E-state index in [1.54, 1.807) is 18.4 Å². The van der Waals surface area contributed by atoms with Crippen LogP contribution in [-0.4, -0.2) is 15.2 Å². The average molecular weight is 285 g/mol. The van der Waals surface area contributed by atoms with Gasteiger partial charge in [0, 0.05) is 0 Å². The van der Waals surface area contributed by atoms with Crippen LogP contribution in [0.2, 0.25) is 0 Å². The first-order valence-corrected chi connectivity index (χ1v) is 6.55. The van der Waals surface area contributed by atoms with Crippen LogP contribution in [0, 0.1) is 6.92 Å². The fraction of sp³-hybridized carbons (Fsp3) is 0.200. The highest BCUT2D eigenvalue weighted by atomic mass is 16.5. The maximum atomic E-state index is 9.26. The third kappa shape index (κ3) is 2.80. The van der Waals surface area contributed by atoms with Gasteiger partial charge in [-0.25, -0.2) is 0 Å². The van der Waals surface area contributed by atoms with Gasteiger partial charge in [0.05, 0.1) is 12.3 Å². The SMILES string of the molecule is Cc1ccoc1-c1noc([C@@H](N)Cc2ccc(O)cc2)n1. The summed E-state index contributed by atoms with van der Waals surface area (Å²) in [7, 11) is 0. The number of phenolic OH excluding ortho intramolecular Hbond substituents is 1. The number of hydrogen-bond donors (Lipinski definition) is 2. The predicted molar refractivity (Wildman–Crippen MR) is 75.5 cm³/mol. The summed E-state index contributed by atoms with van der Waals surface area (Å²) in [5, 5.41) is 13.2. The van der Waals surface area contributed by atoms with Crippen LogP contribution in [0.4, 0.5) is 0 Å². The highest BCUT2D eigenvalue weighted by molar-refractivity contribution is 5.51. The summed E-state index contributed by atoms with van der Waals surface area (Å²) in [4.78, 5) is 4.28. The van der Waals surface area contributed by atoms with Crippen LogP contribution >= 0.6 is 0 Å². The Morgan fingerprint density at radius 1 is 1.24 bits per heavy atom. The van der Waals surface area contributed by atoms with Gasteiger partial charge >= 0.3 is 0 Å². The van der Waals surface area contributed by atoms with Crippen molar-refractivity contribution in [2.45, 2.75) is 19.4 Å². The van der Waals surface area contributed by atoms with Crippen molar-refractivity contribution in [3.8, 4) is 17.3 Å². The standard InChI is InChI=1S/C15H15N3O3/c1-9-6-7-20-13(9)14-17-15(21-18-14)12(16)8-10-2-4-11(19)5-3-10/h2-7,12,19H,8,16H2,1H3/t12-/m0/s1. The van der Waals surface area contributed by atoms with Gasteiger partial charge < -0.3 is 19.8 Å². The lowest BCUT2D eigenvalue weighted by atomic mass is 10.1. The van der Waals surface area contributed by atoms with Gasteiger partial charge in [0.2, 0.25) is 11.7 Å². The summed E-state index contributed by atoms with van der Waals surface area (Å²) in [5.74, 6) is 1.56. The number of rotatable bonds is 4. The van der Waals surface area contributed by atoms with Crippen LogP contribution < -0.4 is 5.73 Å². The molecule has 0 unspecified atom stereocenters. The molecular weight excluding hydrogens is 270 g/mol. The minimum atomic E-state index is -0.411. The minimum absolute atomic E-state index is 0.223. The fourth-order valence-electron chi connectivity index (χ4n) is 2.05. The van der Waals surface area contributed by atoms with Gasteiger partial charge in [0.15, 0.2) is 5.76 Å². The molecule has 0 aliphatic rings. The van der Waals surface area contributed by atoms with E-state index in [0.717, 1.165) is 11.1 Å². The van der Waals surface area contributed by atoms with Gasteiger partial charge in [-0.05, 0) is 42.7 Å². The van der Waals surface area contributed by atoms with Crippen LogP contribution in [0.5, 0.6) is 5.75 Å². The van der Waals surface area contributed by atoms with Crippen LogP contribution in [0.1, 0.15) is 23.1 Å². The summed E-state index contributed by atoms with van der Waals surface area (Å²) in [6.07, 6.45) is 2.12. The van der Waals surface area contributed by atoms with E-state index in [1.165, 1.54) is 0 Å². The normalized spacial score (nSPS) is 12.5. The third-order valence-corrected chi connectivity index (χ3v) is 3.22. The Labute approximate surface area is 121 Å². The van der Waals surface area contributed by atoms with Crippen molar-refractivity contribution >= 4 is 0 Å². The van der Waals surface area contributed by atoms with Gasteiger partial charge in [-0.1, -0.05) is 17.3 Å². The van der Waals surface area contributed by atoms with Crippen molar-refractivity contribution in [1.82, 2.24) is 10.1 Å². The molecule has 1 aromatic carbocycles. The van der Waals surface area contributed by atoms with E-state index in [0.29, 0.717) is 23.9 Å². The number of nitrogens with two attached hydrogens (primary N) is 1. The van der Waals surface area contributed by atoms with E-state index in [4.69, 9.17) is 14.7 Å². The molecule has 0 radical (unpaired) electrons. The topological polar surface area (TPSA) is 98.3 Å². The molecule has 0 bridgehead atoms. The molecule has 3 rings (SSSR count). The maximum Gasteiger partial charge on any atom is 0.244 e. The molecule has 3 aromatic rings. The van der Waals surface area contributed by atoms with Crippen molar-refractivity contribution < 1.29 is 14.0 Å². The second-order valence-electron chi connectivity index (χ2n) is 4.87. The molecule has 6 heteroatoms. The highest BCUT2D eigenvalue weighted by Gasteiger charge is 2.18. The molecule has 0 amide bonds. The van der Waals surface area contributed by atoms with Crippen LogP contribution in [0.3, 0.4) is 0 Å². The van der Waals surface area contributed by atoms with Crippen molar-refractivity contribution in [2.24, 2.45) is 5.73 Å². The molecule has 0 fully saturated rings. The second-order valence-corrected chi connectivity index (χ2v) is 4.87. The molecular formula is C15H15N3O3. The largest absolute Gasteiger partial charge is 0.508 e. The Morgan fingerprint density at radius 2 is 2.00 bits per heavy atom. The number of furan rings is 1. The summed E-state index contributed by atoms with van der Waals surface area (Å²) < 4.78 is 10.5. The van der Waals surface area contributed by atoms with Gasteiger partial charge in [0.25, 0.3) is 0 Å². The Bertz CT molecular complexity index is 731. The summed E-state index contributed by atoms with van der Waals surface area (Å²) in [6, 6.07) is 8.28. The first-order chi connectivity index (χ1) is 10.1. The van der Waals surface area contributed by atoms with Crippen LogP contribution in [-0.2, 0) is 6.42 Å². The molecule has 0 spiro atoms.